The number of halogens is 1. The van der Waals surface area contributed by atoms with Gasteiger partial charge in [0.25, 0.3) is 5.09 Å². The van der Waals surface area contributed by atoms with Crippen LogP contribution in [0, 0.1) is 22.9 Å². The lowest BCUT2D eigenvalue weighted by molar-refractivity contribution is -0.757. The van der Waals surface area contributed by atoms with E-state index in [4.69, 9.17) is 5.73 Å². The van der Waals surface area contributed by atoms with Crippen molar-refractivity contribution in [2.24, 2.45) is 5.73 Å². The van der Waals surface area contributed by atoms with Crippen LogP contribution < -0.4 is 5.73 Å². The minimum absolute atomic E-state index is 0.0211. The molecule has 0 saturated carbocycles. The third-order valence-corrected chi connectivity index (χ3v) is 6.58. The Morgan fingerprint density at radius 1 is 1.12 bits per heavy atom. The molecule has 0 aliphatic heterocycles. The van der Waals surface area contributed by atoms with Gasteiger partial charge in [-0.3, -0.25) is 0 Å². The summed E-state index contributed by atoms with van der Waals surface area (Å²) in [5.74, 6) is -0.350. The van der Waals surface area contributed by atoms with Crippen molar-refractivity contribution in [2.45, 2.75) is 37.1 Å². The fourth-order valence-electron chi connectivity index (χ4n) is 3.77. The van der Waals surface area contributed by atoms with Crippen LogP contribution >= 0.6 is 0 Å². The minimum atomic E-state index is -3.33. The highest BCUT2D eigenvalue weighted by molar-refractivity contribution is 7.90. The van der Waals surface area contributed by atoms with Gasteiger partial charge in [0.15, 0.2) is 9.84 Å². The summed E-state index contributed by atoms with van der Waals surface area (Å²) in [5.41, 5.74) is 10.5. The number of hydrogen-bond acceptors (Lipinski definition) is 6. The first-order valence-corrected chi connectivity index (χ1v) is 12.3. The van der Waals surface area contributed by atoms with Gasteiger partial charge in [0.1, 0.15) is 5.82 Å². The van der Waals surface area contributed by atoms with Crippen LogP contribution in [0.25, 0.3) is 16.9 Å². The Kier molecular flexibility index (Phi) is 7.50. The number of unbranched alkanes of at least 4 members (excludes halogenated alkanes) is 1. The van der Waals surface area contributed by atoms with E-state index in [1.54, 1.807) is 36.4 Å². The molecule has 0 saturated heterocycles. The molecule has 2 N–H and O–H groups in total. The van der Waals surface area contributed by atoms with Crippen molar-refractivity contribution in [2.75, 3.05) is 12.9 Å². The molecule has 3 rings (SSSR count). The van der Waals surface area contributed by atoms with Gasteiger partial charge in [-0.15, -0.1) is 10.1 Å². The zero-order chi connectivity index (χ0) is 24.2. The van der Waals surface area contributed by atoms with Crippen LogP contribution in [0.2, 0.25) is 0 Å². The van der Waals surface area contributed by atoms with Crippen LogP contribution in [0.15, 0.2) is 59.5 Å². The van der Waals surface area contributed by atoms with Gasteiger partial charge in [-0.1, -0.05) is 12.1 Å². The molecule has 0 radical (unpaired) electrons. The molecule has 8 nitrogen and oxygen atoms in total. The monoisotopic (exact) mass is 475 g/mol. The molecular weight excluding hydrogens is 449 g/mol. The number of sulfone groups is 1. The molecule has 0 amide bonds. The first kappa shape index (κ1) is 24.4. The number of hydrogen-bond donors (Lipinski definition) is 1. The summed E-state index contributed by atoms with van der Waals surface area (Å²) in [4.78, 5) is 14.8. The van der Waals surface area contributed by atoms with E-state index in [9.17, 15) is 22.9 Å². The number of benzene rings is 2. The van der Waals surface area contributed by atoms with Crippen LogP contribution in [0.1, 0.15) is 36.6 Å². The van der Waals surface area contributed by atoms with Crippen molar-refractivity contribution in [3.05, 3.63) is 81.8 Å². The first-order chi connectivity index (χ1) is 15.6. The molecule has 176 valence electrons. The summed E-state index contributed by atoms with van der Waals surface area (Å²) >= 11 is 0. The smallest absolute Gasteiger partial charge is 0.294 e. The summed E-state index contributed by atoms with van der Waals surface area (Å²) in [6.45, 7) is 1.94. The molecule has 0 fully saturated rings. The van der Waals surface area contributed by atoms with Gasteiger partial charge in [-0.2, -0.15) is 0 Å². The quantitative estimate of drug-likeness (QED) is 0.264. The Morgan fingerprint density at radius 3 is 2.33 bits per heavy atom. The highest BCUT2D eigenvalue weighted by Crippen LogP contribution is 2.33. The summed E-state index contributed by atoms with van der Waals surface area (Å²) in [6, 6.07) is 14.3. The van der Waals surface area contributed by atoms with Crippen LogP contribution in [0.3, 0.4) is 0 Å². The Hall–Kier alpha value is -3.24. The van der Waals surface area contributed by atoms with E-state index < -0.39 is 14.9 Å². The lowest BCUT2D eigenvalue weighted by Crippen LogP contribution is -2.12. The van der Waals surface area contributed by atoms with Crippen LogP contribution in [0.5, 0.6) is 0 Å². The van der Waals surface area contributed by atoms with Crippen LogP contribution in [0.4, 0.5) is 4.39 Å². The van der Waals surface area contributed by atoms with Crippen molar-refractivity contribution < 1.29 is 22.7 Å². The SMILES string of the molecule is Cc1c([C@@H](N)CCCCO[N+](=O)[O-])cc(-c2ccc(S(C)(=O)=O)cc2)n1-c1ccc(F)cc1. The number of nitrogens with two attached hydrogens (primary N) is 1. The molecule has 10 heteroatoms. The van der Waals surface area contributed by atoms with E-state index >= 15 is 0 Å². The molecule has 33 heavy (non-hydrogen) atoms. The summed E-state index contributed by atoms with van der Waals surface area (Å²) in [7, 11) is -3.33. The Balaban J connectivity index is 1.96. The minimum Gasteiger partial charge on any atom is -0.324 e. The molecule has 3 aromatic rings. The van der Waals surface area contributed by atoms with Crippen molar-refractivity contribution in [3.63, 3.8) is 0 Å². The van der Waals surface area contributed by atoms with Crippen molar-refractivity contribution in [1.82, 2.24) is 4.57 Å². The van der Waals surface area contributed by atoms with E-state index in [1.165, 1.54) is 12.1 Å². The van der Waals surface area contributed by atoms with Crippen LogP contribution in [-0.2, 0) is 14.7 Å². The molecule has 0 spiro atoms. The topological polar surface area (TPSA) is 117 Å². The maximum atomic E-state index is 13.5. The fraction of sp³-hybridized carbons (Fsp3) is 0.304. The third kappa shape index (κ3) is 5.96. The summed E-state index contributed by atoms with van der Waals surface area (Å²) in [6.07, 6.45) is 2.91. The normalized spacial score (nSPS) is 12.5. The van der Waals surface area contributed by atoms with Crippen molar-refractivity contribution in [3.8, 4) is 16.9 Å². The summed E-state index contributed by atoms with van der Waals surface area (Å²) in [5, 5.41) is 9.46. The number of aromatic nitrogens is 1. The predicted octanol–water partition coefficient (Wildman–Crippen LogP) is 4.37. The Bertz CT molecular complexity index is 1220. The second-order valence-electron chi connectivity index (χ2n) is 7.84. The average Bonchev–Trinajstić information content (AvgIpc) is 3.10. The highest BCUT2D eigenvalue weighted by atomic mass is 32.2. The van der Waals surface area contributed by atoms with Crippen LogP contribution in [-0.4, -0.2) is 30.9 Å². The average molecular weight is 476 g/mol. The maximum Gasteiger partial charge on any atom is 0.294 e. The second kappa shape index (κ2) is 10.1. The molecule has 0 bridgehead atoms. The standard InChI is InChI=1S/C23H26FN3O5S/c1-16-21(22(25)5-3-4-14-32-27(28)29)15-23(26(16)19-10-8-18(24)9-11-19)17-6-12-20(13-7-17)33(2,30)31/h6-13,15,22H,3-5,14,25H2,1-2H3/t22-/m0/s1. The van der Waals surface area contributed by atoms with E-state index in [1.807, 2.05) is 17.6 Å². The molecule has 1 aromatic heterocycles. The predicted molar refractivity (Wildman–Crippen MR) is 123 cm³/mol. The lowest BCUT2D eigenvalue weighted by atomic mass is 10.0. The third-order valence-electron chi connectivity index (χ3n) is 5.46. The van der Waals surface area contributed by atoms with Gasteiger partial charge in [0.05, 0.1) is 17.2 Å². The van der Waals surface area contributed by atoms with E-state index in [0.29, 0.717) is 19.3 Å². The highest BCUT2D eigenvalue weighted by Gasteiger charge is 2.20. The summed E-state index contributed by atoms with van der Waals surface area (Å²) < 4.78 is 39.1. The maximum absolute atomic E-state index is 13.5. The van der Waals surface area contributed by atoms with E-state index in [0.717, 1.165) is 34.5 Å². The van der Waals surface area contributed by atoms with E-state index in [2.05, 4.69) is 4.84 Å². The van der Waals surface area contributed by atoms with Gasteiger partial charge in [0.2, 0.25) is 0 Å². The van der Waals surface area contributed by atoms with Gasteiger partial charge >= 0.3 is 0 Å². The molecule has 1 heterocycles. The molecular formula is C23H26FN3O5S. The van der Waals surface area contributed by atoms with Gasteiger partial charge in [0, 0.05) is 23.7 Å². The molecule has 2 aromatic carbocycles. The van der Waals surface area contributed by atoms with Crippen molar-refractivity contribution in [1.29, 1.82) is 0 Å². The molecule has 0 unspecified atom stereocenters. The Morgan fingerprint density at radius 2 is 1.76 bits per heavy atom. The lowest BCUT2D eigenvalue weighted by Gasteiger charge is -2.14. The van der Waals surface area contributed by atoms with Gasteiger partial charge in [-0.25, -0.2) is 12.8 Å². The number of rotatable bonds is 10. The first-order valence-electron chi connectivity index (χ1n) is 10.4. The van der Waals surface area contributed by atoms with E-state index in [-0.39, 0.29) is 23.4 Å². The number of nitrogens with zero attached hydrogens (tertiary/aromatic N) is 2. The fourth-order valence-corrected chi connectivity index (χ4v) is 4.40. The van der Waals surface area contributed by atoms with Gasteiger partial charge in [-0.05, 0) is 79.8 Å². The Labute approximate surface area is 191 Å². The zero-order valence-electron chi connectivity index (χ0n) is 18.4. The molecule has 0 aliphatic carbocycles. The largest absolute Gasteiger partial charge is 0.324 e. The molecule has 1 atom stereocenters. The van der Waals surface area contributed by atoms with Gasteiger partial charge < -0.3 is 15.1 Å². The molecule has 0 aliphatic rings. The van der Waals surface area contributed by atoms with Crippen molar-refractivity contribution >= 4 is 9.84 Å². The zero-order valence-corrected chi connectivity index (χ0v) is 19.2. The second-order valence-corrected chi connectivity index (χ2v) is 9.85.